The predicted molar refractivity (Wildman–Crippen MR) is 62.8 cm³/mol. The molecule has 0 aliphatic carbocycles. The Balaban J connectivity index is 2.87. The second-order valence-corrected chi connectivity index (χ2v) is 4.12. The van der Waals surface area contributed by atoms with Gasteiger partial charge in [-0.05, 0) is 20.5 Å². The number of aromatic nitrogens is 2. The van der Waals surface area contributed by atoms with Crippen LogP contribution >= 0.6 is 0 Å². The summed E-state index contributed by atoms with van der Waals surface area (Å²) in [6.07, 6.45) is 2.00. The first kappa shape index (κ1) is 12.7. The predicted octanol–water partition coefficient (Wildman–Crippen LogP) is 0.532. The van der Waals surface area contributed by atoms with Gasteiger partial charge < -0.3 is 15.0 Å². The SMILES string of the molecule is CCCc1c(O)nc(CCN(C)C)[nH]c1=O. The van der Waals surface area contributed by atoms with Gasteiger partial charge in [0.05, 0.1) is 5.56 Å². The highest BCUT2D eigenvalue weighted by Gasteiger charge is 2.09. The van der Waals surface area contributed by atoms with Gasteiger partial charge in [0.2, 0.25) is 5.88 Å². The molecule has 0 amide bonds. The van der Waals surface area contributed by atoms with E-state index in [1.807, 2.05) is 25.9 Å². The van der Waals surface area contributed by atoms with Crippen molar-refractivity contribution >= 4 is 0 Å². The number of hydrogen-bond acceptors (Lipinski definition) is 4. The van der Waals surface area contributed by atoms with Crippen molar-refractivity contribution in [3.05, 3.63) is 21.7 Å². The Morgan fingerprint density at radius 2 is 2.06 bits per heavy atom. The summed E-state index contributed by atoms with van der Waals surface area (Å²) in [7, 11) is 3.90. The number of aromatic hydroxyl groups is 1. The lowest BCUT2D eigenvalue weighted by atomic mass is 10.2. The van der Waals surface area contributed by atoms with Crippen molar-refractivity contribution in [1.82, 2.24) is 14.9 Å². The fraction of sp³-hybridized carbons (Fsp3) is 0.636. The normalized spacial score (nSPS) is 11.0. The van der Waals surface area contributed by atoms with Crippen molar-refractivity contribution in [2.75, 3.05) is 20.6 Å². The van der Waals surface area contributed by atoms with E-state index in [4.69, 9.17) is 0 Å². The third-order valence-corrected chi connectivity index (χ3v) is 2.34. The molecule has 0 unspecified atom stereocenters. The summed E-state index contributed by atoms with van der Waals surface area (Å²) >= 11 is 0. The quantitative estimate of drug-likeness (QED) is 0.767. The summed E-state index contributed by atoms with van der Waals surface area (Å²) in [6, 6.07) is 0. The fourth-order valence-electron chi connectivity index (χ4n) is 1.45. The molecule has 16 heavy (non-hydrogen) atoms. The van der Waals surface area contributed by atoms with Crippen LogP contribution in [0.25, 0.3) is 0 Å². The van der Waals surface area contributed by atoms with Gasteiger partial charge in [0.15, 0.2) is 0 Å². The molecule has 5 heteroatoms. The maximum Gasteiger partial charge on any atom is 0.257 e. The van der Waals surface area contributed by atoms with E-state index < -0.39 is 0 Å². The average Bonchev–Trinajstić information content (AvgIpc) is 2.20. The first-order valence-electron chi connectivity index (χ1n) is 5.50. The molecule has 0 aromatic carbocycles. The van der Waals surface area contributed by atoms with Crippen molar-refractivity contribution in [3.63, 3.8) is 0 Å². The summed E-state index contributed by atoms with van der Waals surface area (Å²) < 4.78 is 0. The van der Waals surface area contributed by atoms with Crippen LogP contribution in [0.5, 0.6) is 5.88 Å². The van der Waals surface area contributed by atoms with Gasteiger partial charge in [-0.25, -0.2) is 4.98 Å². The highest BCUT2D eigenvalue weighted by molar-refractivity contribution is 5.22. The number of aromatic amines is 1. The molecule has 90 valence electrons. The average molecular weight is 225 g/mol. The first-order chi connectivity index (χ1) is 7.54. The van der Waals surface area contributed by atoms with E-state index in [2.05, 4.69) is 9.97 Å². The Hall–Kier alpha value is -1.36. The van der Waals surface area contributed by atoms with Crippen LogP contribution in [-0.4, -0.2) is 40.6 Å². The molecular weight excluding hydrogens is 206 g/mol. The van der Waals surface area contributed by atoms with E-state index in [9.17, 15) is 9.90 Å². The Bertz CT molecular complexity index is 399. The molecule has 1 aromatic heterocycles. The molecule has 1 aromatic rings. The van der Waals surface area contributed by atoms with E-state index in [0.717, 1.165) is 13.0 Å². The third kappa shape index (κ3) is 3.34. The molecule has 5 nitrogen and oxygen atoms in total. The van der Waals surface area contributed by atoms with Crippen LogP contribution in [0.15, 0.2) is 4.79 Å². The van der Waals surface area contributed by atoms with Gasteiger partial charge in [0, 0.05) is 13.0 Å². The number of rotatable bonds is 5. The Kier molecular flexibility index (Phi) is 4.49. The zero-order valence-corrected chi connectivity index (χ0v) is 10.1. The van der Waals surface area contributed by atoms with Crippen molar-refractivity contribution in [1.29, 1.82) is 0 Å². The minimum Gasteiger partial charge on any atom is -0.493 e. The second kappa shape index (κ2) is 5.65. The molecule has 0 fully saturated rings. The smallest absolute Gasteiger partial charge is 0.257 e. The second-order valence-electron chi connectivity index (χ2n) is 4.12. The molecule has 0 saturated carbocycles. The van der Waals surface area contributed by atoms with E-state index in [1.165, 1.54) is 0 Å². The summed E-state index contributed by atoms with van der Waals surface area (Å²) in [6.45, 7) is 2.74. The number of likely N-dealkylation sites (N-methyl/N-ethyl adjacent to an activating group) is 1. The van der Waals surface area contributed by atoms with Crippen LogP contribution in [0.4, 0.5) is 0 Å². The molecule has 0 spiro atoms. The van der Waals surface area contributed by atoms with E-state index in [0.29, 0.717) is 24.2 Å². The van der Waals surface area contributed by atoms with Crippen molar-refractivity contribution in [3.8, 4) is 5.88 Å². The zero-order chi connectivity index (χ0) is 12.1. The van der Waals surface area contributed by atoms with Crippen molar-refractivity contribution < 1.29 is 5.11 Å². The van der Waals surface area contributed by atoms with Gasteiger partial charge in [0.25, 0.3) is 5.56 Å². The van der Waals surface area contributed by atoms with E-state index in [1.54, 1.807) is 0 Å². The zero-order valence-electron chi connectivity index (χ0n) is 10.1. The van der Waals surface area contributed by atoms with E-state index >= 15 is 0 Å². The van der Waals surface area contributed by atoms with Gasteiger partial charge in [-0.2, -0.15) is 0 Å². The number of hydrogen-bond donors (Lipinski definition) is 2. The lowest BCUT2D eigenvalue weighted by Gasteiger charge is -2.09. The van der Waals surface area contributed by atoms with Gasteiger partial charge in [-0.3, -0.25) is 4.79 Å². The van der Waals surface area contributed by atoms with Crippen LogP contribution in [0.3, 0.4) is 0 Å². The summed E-state index contributed by atoms with van der Waals surface area (Å²) in [5, 5.41) is 9.62. The van der Waals surface area contributed by atoms with Crippen LogP contribution in [0.2, 0.25) is 0 Å². The minimum absolute atomic E-state index is 0.126. The fourth-order valence-corrected chi connectivity index (χ4v) is 1.45. The maximum atomic E-state index is 11.6. The number of nitrogens with one attached hydrogen (secondary N) is 1. The Labute approximate surface area is 95.1 Å². The van der Waals surface area contributed by atoms with Gasteiger partial charge in [0.1, 0.15) is 5.82 Å². The molecule has 0 aliphatic heterocycles. The highest BCUT2D eigenvalue weighted by Crippen LogP contribution is 2.10. The summed E-state index contributed by atoms with van der Waals surface area (Å²) in [5.74, 6) is 0.412. The molecule has 0 radical (unpaired) electrons. The Morgan fingerprint density at radius 3 is 2.56 bits per heavy atom. The van der Waals surface area contributed by atoms with Gasteiger partial charge in [-0.15, -0.1) is 0 Å². The lowest BCUT2D eigenvalue weighted by molar-refractivity contribution is 0.402. The monoisotopic (exact) mass is 225 g/mol. The molecule has 2 N–H and O–H groups in total. The summed E-state index contributed by atoms with van der Waals surface area (Å²) in [5.41, 5.74) is 0.166. The standard InChI is InChI=1S/C11H19N3O2/c1-4-5-8-10(15)12-9(13-11(8)16)6-7-14(2)3/h4-7H2,1-3H3,(H2,12,13,15,16). The first-order valence-corrected chi connectivity index (χ1v) is 5.50. The van der Waals surface area contributed by atoms with Crippen molar-refractivity contribution in [2.24, 2.45) is 0 Å². The van der Waals surface area contributed by atoms with E-state index in [-0.39, 0.29) is 11.4 Å². The van der Waals surface area contributed by atoms with Gasteiger partial charge in [-0.1, -0.05) is 13.3 Å². The molecule has 1 heterocycles. The van der Waals surface area contributed by atoms with Crippen LogP contribution in [0.1, 0.15) is 24.7 Å². The van der Waals surface area contributed by atoms with Gasteiger partial charge >= 0.3 is 0 Å². The topological polar surface area (TPSA) is 69.2 Å². The number of nitrogens with zero attached hydrogens (tertiary/aromatic N) is 2. The molecule has 0 atom stereocenters. The Morgan fingerprint density at radius 1 is 1.38 bits per heavy atom. The molecule has 0 saturated heterocycles. The third-order valence-electron chi connectivity index (χ3n) is 2.34. The molecule has 0 bridgehead atoms. The van der Waals surface area contributed by atoms with Crippen LogP contribution in [0, 0.1) is 0 Å². The molecular formula is C11H19N3O2. The lowest BCUT2D eigenvalue weighted by Crippen LogP contribution is -2.21. The largest absolute Gasteiger partial charge is 0.493 e. The number of H-pyrrole nitrogens is 1. The van der Waals surface area contributed by atoms with Crippen LogP contribution in [-0.2, 0) is 12.8 Å². The van der Waals surface area contributed by atoms with Crippen LogP contribution < -0.4 is 5.56 Å². The molecule has 0 aliphatic rings. The maximum absolute atomic E-state index is 11.6. The minimum atomic E-state index is -0.219. The highest BCUT2D eigenvalue weighted by atomic mass is 16.3. The van der Waals surface area contributed by atoms with Crippen molar-refractivity contribution in [2.45, 2.75) is 26.2 Å². The molecule has 1 rings (SSSR count). The summed E-state index contributed by atoms with van der Waals surface area (Å²) in [4.78, 5) is 20.3.